The molecule has 0 radical (unpaired) electrons. The van der Waals surface area contributed by atoms with Crippen molar-refractivity contribution in [3.63, 3.8) is 0 Å². The Balaban J connectivity index is 1.47. The number of esters is 1. The van der Waals surface area contributed by atoms with Crippen molar-refractivity contribution in [1.82, 2.24) is 0 Å². The number of nitro groups is 1. The number of para-hydroxylation sites is 1. The molecule has 3 aromatic rings. The lowest BCUT2D eigenvalue weighted by molar-refractivity contribution is -0.384. The van der Waals surface area contributed by atoms with E-state index in [2.05, 4.69) is 0 Å². The van der Waals surface area contributed by atoms with Gasteiger partial charge in [0.1, 0.15) is 0 Å². The molecule has 10 heteroatoms. The molecule has 0 unspecified atom stereocenters. The van der Waals surface area contributed by atoms with E-state index in [-0.39, 0.29) is 17.2 Å². The fourth-order valence-corrected chi connectivity index (χ4v) is 4.55. The highest BCUT2D eigenvalue weighted by Gasteiger charge is 2.26. The molecule has 1 aliphatic rings. The third-order valence-electron chi connectivity index (χ3n) is 5.54. The number of fused-ring (bicyclic) bond motifs is 1. The fourth-order valence-electron chi connectivity index (χ4n) is 3.85. The van der Waals surface area contributed by atoms with E-state index in [1.165, 1.54) is 39.3 Å². The number of thiophene rings is 1. The van der Waals surface area contributed by atoms with E-state index in [9.17, 15) is 24.5 Å². The average molecular weight is 480 g/mol. The van der Waals surface area contributed by atoms with Crippen molar-refractivity contribution in [1.29, 1.82) is 0 Å². The van der Waals surface area contributed by atoms with Gasteiger partial charge in [-0.15, -0.1) is 11.3 Å². The SMILES string of the molecule is CN(C(=O)c1cccs1)c1ccccc1C(=O)OCC(=O)N1CCCc2cc([N+](=O)[O-])ccc21. The molecule has 34 heavy (non-hydrogen) atoms. The first kappa shape index (κ1) is 23.1. The van der Waals surface area contributed by atoms with Gasteiger partial charge in [0.25, 0.3) is 17.5 Å². The Morgan fingerprint density at radius 3 is 2.68 bits per heavy atom. The first-order valence-electron chi connectivity index (χ1n) is 10.5. The van der Waals surface area contributed by atoms with Crippen LogP contribution in [0.4, 0.5) is 17.1 Å². The fraction of sp³-hybridized carbons (Fsp3) is 0.208. The van der Waals surface area contributed by atoms with Crippen molar-refractivity contribution in [2.24, 2.45) is 0 Å². The number of rotatable bonds is 6. The molecule has 0 saturated heterocycles. The lowest BCUT2D eigenvalue weighted by Gasteiger charge is -2.29. The Morgan fingerprint density at radius 2 is 1.94 bits per heavy atom. The van der Waals surface area contributed by atoms with Crippen LogP contribution < -0.4 is 9.80 Å². The Kier molecular flexibility index (Phi) is 6.69. The van der Waals surface area contributed by atoms with Gasteiger partial charge in [-0.25, -0.2) is 4.79 Å². The number of benzene rings is 2. The van der Waals surface area contributed by atoms with Gasteiger partial charge in [-0.1, -0.05) is 18.2 Å². The van der Waals surface area contributed by atoms with Crippen molar-refractivity contribution in [2.45, 2.75) is 12.8 Å². The lowest BCUT2D eigenvalue weighted by atomic mass is 10.0. The van der Waals surface area contributed by atoms with Crippen molar-refractivity contribution in [3.05, 3.63) is 86.1 Å². The molecule has 0 aliphatic carbocycles. The van der Waals surface area contributed by atoms with Crippen molar-refractivity contribution in [2.75, 3.05) is 30.0 Å². The summed E-state index contributed by atoms with van der Waals surface area (Å²) in [6.45, 7) is -0.0674. The van der Waals surface area contributed by atoms with Crippen LogP contribution in [0.25, 0.3) is 0 Å². The van der Waals surface area contributed by atoms with E-state index >= 15 is 0 Å². The number of amides is 2. The molecule has 0 N–H and O–H groups in total. The third kappa shape index (κ3) is 4.67. The molecule has 0 saturated carbocycles. The average Bonchev–Trinajstić information content (AvgIpc) is 3.40. The normalized spacial score (nSPS) is 12.6. The highest BCUT2D eigenvalue weighted by molar-refractivity contribution is 7.12. The zero-order valence-electron chi connectivity index (χ0n) is 18.3. The molecule has 2 aromatic carbocycles. The summed E-state index contributed by atoms with van der Waals surface area (Å²) in [7, 11) is 1.57. The van der Waals surface area contributed by atoms with Crippen LogP contribution in [0.1, 0.15) is 32.0 Å². The van der Waals surface area contributed by atoms with Gasteiger partial charge in [0.15, 0.2) is 6.61 Å². The van der Waals surface area contributed by atoms with Crippen molar-refractivity contribution in [3.8, 4) is 0 Å². The molecule has 4 rings (SSSR count). The molecule has 2 amide bonds. The van der Waals surface area contributed by atoms with E-state index in [1.807, 2.05) is 0 Å². The third-order valence-corrected chi connectivity index (χ3v) is 6.40. The van der Waals surface area contributed by atoms with Gasteiger partial charge in [-0.2, -0.15) is 0 Å². The summed E-state index contributed by atoms with van der Waals surface area (Å²) in [5.74, 6) is -1.41. The van der Waals surface area contributed by atoms with Crippen LogP contribution in [-0.4, -0.2) is 42.9 Å². The highest BCUT2D eigenvalue weighted by atomic mass is 32.1. The number of nitrogens with zero attached hydrogens (tertiary/aromatic N) is 3. The molecule has 0 spiro atoms. The maximum atomic E-state index is 12.8. The second kappa shape index (κ2) is 9.84. The van der Waals surface area contributed by atoms with Gasteiger partial charge >= 0.3 is 5.97 Å². The summed E-state index contributed by atoms with van der Waals surface area (Å²) >= 11 is 1.30. The standard InChI is InChI=1S/C24H21N3O6S/c1-25(23(29)21-9-5-13-34-21)20-8-3-2-7-18(20)24(30)33-15-22(28)26-12-4-6-16-14-17(27(31)32)10-11-19(16)26/h2-3,5,7-11,13-14H,4,6,12,15H2,1H3. The maximum absolute atomic E-state index is 12.8. The van der Waals surface area contributed by atoms with E-state index < -0.39 is 23.4 Å². The van der Waals surface area contributed by atoms with Crippen LogP contribution in [0, 0.1) is 10.1 Å². The predicted molar refractivity (Wildman–Crippen MR) is 128 cm³/mol. The number of hydrogen-bond donors (Lipinski definition) is 0. The zero-order chi connectivity index (χ0) is 24.2. The summed E-state index contributed by atoms with van der Waals surface area (Å²) in [5, 5.41) is 12.8. The van der Waals surface area contributed by atoms with E-state index in [0.29, 0.717) is 41.2 Å². The van der Waals surface area contributed by atoms with Gasteiger partial charge in [-0.05, 0) is 48.1 Å². The number of ether oxygens (including phenoxy) is 1. The van der Waals surface area contributed by atoms with Crippen LogP contribution in [0.15, 0.2) is 60.0 Å². The Morgan fingerprint density at radius 1 is 1.15 bits per heavy atom. The molecule has 0 fully saturated rings. The van der Waals surface area contributed by atoms with Crippen LogP contribution in [0.3, 0.4) is 0 Å². The molecule has 0 bridgehead atoms. The Labute approximate surface area is 199 Å². The molecule has 174 valence electrons. The van der Waals surface area contributed by atoms with E-state index in [4.69, 9.17) is 4.74 Å². The van der Waals surface area contributed by atoms with Gasteiger partial charge in [0, 0.05) is 31.4 Å². The van der Waals surface area contributed by atoms with Gasteiger partial charge < -0.3 is 14.5 Å². The number of aryl methyl sites for hydroxylation is 1. The summed E-state index contributed by atoms with van der Waals surface area (Å²) in [6, 6.07) is 14.4. The molecule has 9 nitrogen and oxygen atoms in total. The largest absolute Gasteiger partial charge is 0.452 e. The maximum Gasteiger partial charge on any atom is 0.340 e. The first-order chi connectivity index (χ1) is 16.4. The summed E-state index contributed by atoms with van der Waals surface area (Å²) in [4.78, 5) is 52.4. The van der Waals surface area contributed by atoms with E-state index in [1.54, 1.807) is 48.8 Å². The zero-order valence-corrected chi connectivity index (χ0v) is 19.1. The van der Waals surface area contributed by atoms with Gasteiger partial charge in [-0.3, -0.25) is 19.7 Å². The number of carbonyl (C=O) groups is 3. The molecule has 1 aromatic heterocycles. The van der Waals surface area contributed by atoms with Crippen LogP contribution in [0.2, 0.25) is 0 Å². The Bertz CT molecular complexity index is 1260. The minimum absolute atomic E-state index is 0.0303. The summed E-state index contributed by atoms with van der Waals surface area (Å²) in [5.41, 5.74) is 1.79. The van der Waals surface area contributed by atoms with Crippen molar-refractivity contribution >= 4 is 46.2 Å². The Hall–Kier alpha value is -4.05. The molecule has 2 heterocycles. The smallest absolute Gasteiger partial charge is 0.340 e. The lowest BCUT2D eigenvalue weighted by Crippen LogP contribution is -2.38. The molecule has 0 atom stereocenters. The second-order valence-corrected chi connectivity index (χ2v) is 8.60. The van der Waals surface area contributed by atoms with Crippen LogP contribution in [0.5, 0.6) is 0 Å². The van der Waals surface area contributed by atoms with Crippen LogP contribution >= 0.6 is 11.3 Å². The van der Waals surface area contributed by atoms with E-state index in [0.717, 1.165) is 0 Å². The number of nitro benzene ring substituents is 1. The quantitative estimate of drug-likeness (QED) is 0.299. The first-order valence-corrected chi connectivity index (χ1v) is 11.4. The predicted octanol–water partition coefficient (Wildman–Crippen LogP) is 4.07. The van der Waals surface area contributed by atoms with Gasteiger partial charge in [0.2, 0.25) is 0 Å². The topological polar surface area (TPSA) is 110 Å². The van der Waals surface area contributed by atoms with Gasteiger partial charge in [0.05, 0.1) is 21.1 Å². The number of non-ortho nitro benzene ring substituents is 1. The minimum atomic E-state index is -0.726. The highest BCUT2D eigenvalue weighted by Crippen LogP contribution is 2.31. The minimum Gasteiger partial charge on any atom is -0.452 e. The summed E-state index contributed by atoms with van der Waals surface area (Å²) < 4.78 is 5.31. The molecule has 1 aliphatic heterocycles. The summed E-state index contributed by atoms with van der Waals surface area (Å²) in [6.07, 6.45) is 1.27. The number of anilines is 2. The van der Waals surface area contributed by atoms with Crippen LogP contribution in [-0.2, 0) is 16.0 Å². The number of hydrogen-bond acceptors (Lipinski definition) is 7. The monoisotopic (exact) mass is 479 g/mol. The molecular formula is C24H21N3O6S. The number of carbonyl (C=O) groups excluding carboxylic acids is 3. The molecular weight excluding hydrogens is 458 g/mol. The van der Waals surface area contributed by atoms with Crippen molar-refractivity contribution < 1.29 is 24.0 Å². The second-order valence-electron chi connectivity index (χ2n) is 7.65.